The second-order valence-electron chi connectivity index (χ2n) is 11.2. The van der Waals surface area contributed by atoms with Crippen LogP contribution in [0.5, 0.6) is 0 Å². The van der Waals surface area contributed by atoms with E-state index >= 15 is 0 Å². The van der Waals surface area contributed by atoms with Crippen LogP contribution in [0.4, 0.5) is 10.7 Å². The van der Waals surface area contributed by atoms with Crippen LogP contribution >= 0.6 is 46.3 Å². The van der Waals surface area contributed by atoms with Crippen LogP contribution in [0.1, 0.15) is 69.8 Å². The molecule has 0 aliphatic heterocycles. The zero-order valence-electron chi connectivity index (χ0n) is 26.9. The molecule has 254 valence electrons. The van der Waals surface area contributed by atoms with E-state index in [1.807, 2.05) is 13.0 Å². The smallest absolute Gasteiger partial charge is 0.341 e. The van der Waals surface area contributed by atoms with Crippen molar-refractivity contribution in [2.24, 2.45) is 0 Å². The molecule has 0 saturated heterocycles. The highest BCUT2D eigenvalue weighted by atomic mass is 35.5. The zero-order chi connectivity index (χ0) is 34.9. The van der Waals surface area contributed by atoms with Crippen LogP contribution in [0, 0.1) is 0 Å². The van der Waals surface area contributed by atoms with Gasteiger partial charge in [0.05, 0.1) is 17.4 Å². The molecule has 0 saturated carbocycles. The van der Waals surface area contributed by atoms with Gasteiger partial charge in [-0.15, -0.1) is 23.1 Å². The number of benzene rings is 3. The summed E-state index contributed by atoms with van der Waals surface area (Å²) in [7, 11) is 0. The van der Waals surface area contributed by atoms with Crippen molar-refractivity contribution < 1.29 is 23.9 Å². The maximum absolute atomic E-state index is 13.6. The van der Waals surface area contributed by atoms with Crippen molar-refractivity contribution in [3.05, 3.63) is 116 Å². The summed E-state index contributed by atoms with van der Waals surface area (Å²) in [4.78, 5) is 55.0. The predicted octanol–water partition coefficient (Wildman–Crippen LogP) is 9.03. The molecule has 1 unspecified atom stereocenters. The van der Waals surface area contributed by atoms with Crippen LogP contribution in [0.25, 0.3) is 6.08 Å². The molecule has 1 atom stereocenters. The van der Waals surface area contributed by atoms with Gasteiger partial charge in [0, 0.05) is 31.1 Å². The zero-order valence-corrected chi connectivity index (χ0v) is 30.1. The van der Waals surface area contributed by atoms with Crippen molar-refractivity contribution in [3.63, 3.8) is 0 Å². The van der Waals surface area contributed by atoms with Gasteiger partial charge < -0.3 is 20.7 Å². The fraction of sp³-hybridized carbons (Fsp3) is 0.243. The van der Waals surface area contributed by atoms with Gasteiger partial charge in [0.15, 0.2) is 0 Å². The van der Waals surface area contributed by atoms with E-state index in [1.54, 1.807) is 73.7 Å². The molecule has 0 fully saturated rings. The first-order chi connectivity index (χ1) is 23.7. The van der Waals surface area contributed by atoms with E-state index in [1.165, 1.54) is 29.2 Å². The molecule has 3 aromatic carbocycles. The Bertz CT molecular complexity index is 1890. The number of thioether (sulfide) groups is 1. The fourth-order valence-electron chi connectivity index (χ4n) is 5.31. The van der Waals surface area contributed by atoms with E-state index in [9.17, 15) is 19.2 Å². The van der Waals surface area contributed by atoms with Crippen molar-refractivity contribution in [3.8, 4) is 0 Å². The minimum atomic E-state index is -0.574. The second-order valence-corrected chi connectivity index (χ2v) is 14.4. The van der Waals surface area contributed by atoms with E-state index in [-0.39, 0.29) is 18.2 Å². The summed E-state index contributed by atoms with van der Waals surface area (Å²) in [5.74, 6) is -1.67. The summed E-state index contributed by atoms with van der Waals surface area (Å²) < 4.78 is 5.34. The lowest BCUT2D eigenvalue weighted by Gasteiger charge is -2.16. The average Bonchev–Trinajstić information content (AvgIpc) is 3.46. The number of anilines is 2. The van der Waals surface area contributed by atoms with Gasteiger partial charge in [-0.2, -0.15) is 0 Å². The summed E-state index contributed by atoms with van der Waals surface area (Å²) in [5.41, 5.74) is 2.76. The van der Waals surface area contributed by atoms with E-state index in [0.29, 0.717) is 43.8 Å². The summed E-state index contributed by atoms with van der Waals surface area (Å²) in [6.07, 6.45) is 5.72. The third-order valence-corrected chi connectivity index (χ3v) is 10.8. The van der Waals surface area contributed by atoms with Gasteiger partial charge in [0.1, 0.15) is 10.7 Å². The molecular formula is C37H35Cl2N3O5S2. The van der Waals surface area contributed by atoms with Gasteiger partial charge in [-0.3, -0.25) is 14.4 Å². The molecule has 1 heterocycles. The number of carbonyl (C=O) groups is 4. The minimum absolute atomic E-state index is 0.0296. The molecule has 5 rings (SSSR count). The third-order valence-electron chi connectivity index (χ3n) is 7.71. The Labute approximate surface area is 303 Å². The number of amides is 3. The van der Waals surface area contributed by atoms with E-state index in [4.69, 9.17) is 27.9 Å². The molecule has 1 aromatic heterocycles. The maximum Gasteiger partial charge on any atom is 0.341 e. The monoisotopic (exact) mass is 735 g/mol. The lowest BCUT2D eigenvalue weighted by molar-refractivity contribution is -0.116. The predicted molar refractivity (Wildman–Crippen MR) is 199 cm³/mol. The molecule has 1 aliphatic carbocycles. The first-order valence-electron chi connectivity index (χ1n) is 15.9. The Morgan fingerprint density at radius 2 is 1.71 bits per heavy atom. The molecule has 49 heavy (non-hydrogen) atoms. The number of hydrogen-bond acceptors (Lipinski definition) is 7. The molecule has 4 aromatic rings. The number of ether oxygens (including phenoxy) is 1. The molecule has 0 radical (unpaired) electrons. The van der Waals surface area contributed by atoms with Gasteiger partial charge in [0.25, 0.3) is 11.8 Å². The highest BCUT2D eigenvalue weighted by molar-refractivity contribution is 8.00. The summed E-state index contributed by atoms with van der Waals surface area (Å²) in [6, 6.07) is 20.5. The van der Waals surface area contributed by atoms with Gasteiger partial charge in [-0.25, -0.2) is 4.79 Å². The van der Waals surface area contributed by atoms with Gasteiger partial charge in [-0.05, 0) is 98.7 Å². The molecular weight excluding hydrogens is 701 g/mol. The van der Waals surface area contributed by atoms with Crippen LogP contribution in [0.3, 0.4) is 0 Å². The number of hydrogen-bond donors (Lipinski definition) is 3. The molecule has 3 N–H and O–H groups in total. The van der Waals surface area contributed by atoms with Gasteiger partial charge in [-0.1, -0.05) is 60.5 Å². The number of esters is 1. The molecule has 12 heteroatoms. The highest BCUT2D eigenvalue weighted by Crippen LogP contribution is 2.39. The van der Waals surface area contributed by atoms with Crippen molar-refractivity contribution >= 4 is 86.8 Å². The summed E-state index contributed by atoms with van der Waals surface area (Å²) in [5, 5.41) is 9.39. The number of thiophene rings is 1. The SMILES string of the molecule is CCOC(=O)c1c(NC(=O)C(CC)Sc2cccc(NC(=O)/C(=C\c3ccc(Cl)cc3Cl)NC(=O)c3ccccc3)c2)sc2c1CCCC2. The first kappa shape index (κ1) is 36.2. The quantitative estimate of drug-likeness (QED) is 0.0760. The Hall–Kier alpha value is -4.09. The summed E-state index contributed by atoms with van der Waals surface area (Å²) in [6.45, 7) is 3.94. The Morgan fingerprint density at radius 3 is 2.45 bits per heavy atom. The van der Waals surface area contributed by atoms with Crippen LogP contribution < -0.4 is 16.0 Å². The Kier molecular flexibility index (Phi) is 12.6. The number of halogens is 2. The van der Waals surface area contributed by atoms with Crippen molar-refractivity contribution in [2.75, 3.05) is 17.2 Å². The number of nitrogens with one attached hydrogen (secondary N) is 3. The van der Waals surface area contributed by atoms with Crippen molar-refractivity contribution in [1.82, 2.24) is 5.32 Å². The molecule has 0 bridgehead atoms. The Balaban J connectivity index is 1.33. The van der Waals surface area contributed by atoms with Crippen molar-refractivity contribution in [2.45, 2.75) is 56.1 Å². The number of aryl methyl sites for hydroxylation is 1. The van der Waals surface area contributed by atoms with Gasteiger partial charge in [0.2, 0.25) is 5.91 Å². The number of fused-ring (bicyclic) bond motifs is 1. The molecule has 8 nitrogen and oxygen atoms in total. The Morgan fingerprint density at radius 1 is 0.939 bits per heavy atom. The normalized spacial score (nSPS) is 13.2. The molecule has 3 amide bonds. The largest absolute Gasteiger partial charge is 0.462 e. The van der Waals surface area contributed by atoms with Gasteiger partial charge >= 0.3 is 5.97 Å². The minimum Gasteiger partial charge on any atom is -0.462 e. The lowest BCUT2D eigenvalue weighted by atomic mass is 9.95. The highest BCUT2D eigenvalue weighted by Gasteiger charge is 2.29. The van der Waals surface area contributed by atoms with Crippen LogP contribution in [-0.4, -0.2) is 35.5 Å². The average molecular weight is 737 g/mol. The van der Waals surface area contributed by atoms with Crippen LogP contribution in [-0.2, 0) is 27.2 Å². The van der Waals surface area contributed by atoms with Crippen molar-refractivity contribution in [1.29, 1.82) is 0 Å². The van der Waals surface area contributed by atoms with E-state index in [0.717, 1.165) is 41.0 Å². The summed E-state index contributed by atoms with van der Waals surface area (Å²) >= 11 is 15.3. The number of carbonyl (C=O) groups excluding carboxylic acids is 4. The lowest BCUT2D eigenvalue weighted by Crippen LogP contribution is -2.30. The van der Waals surface area contributed by atoms with Crippen LogP contribution in [0.2, 0.25) is 10.0 Å². The molecule has 0 spiro atoms. The standard InChI is InChI=1S/C37H35Cl2N3O5S2/c1-3-30(35(45)42-36-32(37(46)47-4-2)27-15-8-9-16-31(27)49-36)48-26-14-10-13-25(21-26)40-34(44)29(19-23-17-18-24(38)20-28(23)39)41-33(43)22-11-6-5-7-12-22/h5-7,10-14,17-21,30H,3-4,8-9,15-16H2,1-2H3,(H,40,44)(H,41,43)(H,42,45)/b29-19+. The van der Waals surface area contributed by atoms with E-state index < -0.39 is 23.0 Å². The topological polar surface area (TPSA) is 114 Å². The molecule has 1 aliphatic rings. The maximum atomic E-state index is 13.6. The van der Waals surface area contributed by atoms with Crippen LogP contribution in [0.15, 0.2) is 83.4 Å². The third kappa shape index (κ3) is 9.33. The fourth-order valence-corrected chi connectivity index (χ4v) is 8.07. The number of rotatable bonds is 12. The second kappa shape index (κ2) is 17.0. The van der Waals surface area contributed by atoms with E-state index in [2.05, 4.69) is 16.0 Å². The first-order valence-corrected chi connectivity index (χ1v) is 18.4.